The Hall–Kier alpha value is -1.58. The van der Waals surface area contributed by atoms with Crippen LogP contribution < -0.4 is 0 Å². The van der Waals surface area contributed by atoms with Crippen molar-refractivity contribution < 1.29 is 19.1 Å². The van der Waals surface area contributed by atoms with Gasteiger partial charge in [0.25, 0.3) is 0 Å². The molecular formula is C8H12O4. The second-order valence-electron chi connectivity index (χ2n) is 1.44. The zero-order valence-corrected chi connectivity index (χ0v) is 7.04. The average Bonchev–Trinajstić information content (AvgIpc) is 2.05. The minimum atomic E-state index is -0.634. The molecule has 0 radical (unpaired) electrons. The number of esters is 2. The predicted octanol–water partition coefficient (Wildman–Crippen LogP) is 1.04. The molecule has 0 rings (SSSR count). The van der Waals surface area contributed by atoms with Gasteiger partial charge in [0.05, 0.1) is 6.26 Å². The van der Waals surface area contributed by atoms with Crippen LogP contribution in [0.2, 0.25) is 0 Å². The quantitative estimate of drug-likeness (QED) is 0.362. The first-order chi connectivity index (χ1) is 5.66. The van der Waals surface area contributed by atoms with Crippen molar-refractivity contribution in [3.8, 4) is 0 Å². The van der Waals surface area contributed by atoms with Gasteiger partial charge in [0.15, 0.2) is 6.61 Å². The zero-order chi connectivity index (χ0) is 9.98. The molecule has 0 spiro atoms. The van der Waals surface area contributed by atoms with E-state index in [1.807, 2.05) is 0 Å². The van der Waals surface area contributed by atoms with Crippen molar-refractivity contribution in [1.82, 2.24) is 0 Å². The lowest BCUT2D eigenvalue weighted by molar-refractivity contribution is -0.154. The number of carbonyl (C=O) groups excluding carboxylic acids is 2. The maximum atomic E-state index is 10.4. The molecule has 0 N–H and O–H groups in total. The summed E-state index contributed by atoms with van der Waals surface area (Å²) < 4.78 is 8.53. The van der Waals surface area contributed by atoms with Crippen molar-refractivity contribution in [2.45, 2.75) is 6.92 Å². The third-order valence-electron chi connectivity index (χ3n) is 0.608. The summed E-state index contributed by atoms with van der Waals surface area (Å²) in [6.45, 7) is 9.99. The Morgan fingerprint density at radius 3 is 2.25 bits per heavy atom. The van der Waals surface area contributed by atoms with Gasteiger partial charge in [0, 0.05) is 6.92 Å². The molecule has 0 saturated heterocycles. The van der Waals surface area contributed by atoms with Crippen LogP contribution in [-0.2, 0) is 19.1 Å². The van der Waals surface area contributed by atoms with Crippen LogP contribution in [0.3, 0.4) is 0 Å². The van der Waals surface area contributed by atoms with Gasteiger partial charge in [-0.1, -0.05) is 6.58 Å². The summed E-state index contributed by atoms with van der Waals surface area (Å²) in [6.07, 6.45) is 0.978. The van der Waals surface area contributed by atoms with Crippen molar-refractivity contribution in [3.05, 3.63) is 26.0 Å². The molecule has 0 aliphatic rings. The average molecular weight is 172 g/mol. The van der Waals surface area contributed by atoms with E-state index < -0.39 is 11.9 Å². The lowest BCUT2D eigenvalue weighted by Gasteiger charge is -1.97. The molecule has 0 amide bonds. The van der Waals surface area contributed by atoms with Gasteiger partial charge in [-0.2, -0.15) is 0 Å². The highest BCUT2D eigenvalue weighted by Crippen LogP contribution is 1.81. The second-order valence-corrected chi connectivity index (χ2v) is 1.44. The van der Waals surface area contributed by atoms with Crippen molar-refractivity contribution in [2.24, 2.45) is 0 Å². The molecular weight excluding hydrogens is 160 g/mol. The van der Waals surface area contributed by atoms with Gasteiger partial charge in [-0.15, -0.1) is 13.2 Å². The van der Waals surface area contributed by atoms with Crippen LogP contribution in [0.4, 0.5) is 0 Å². The maximum absolute atomic E-state index is 10.4. The molecule has 0 aliphatic carbocycles. The smallest absolute Gasteiger partial charge is 0.349 e. The van der Waals surface area contributed by atoms with Crippen molar-refractivity contribution in [2.75, 3.05) is 6.61 Å². The molecule has 0 bridgehead atoms. The molecule has 0 aliphatic heterocycles. The minimum Gasteiger partial charge on any atom is -0.454 e. The summed E-state index contributed by atoms with van der Waals surface area (Å²) in [7, 11) is 0. The van der Waals surface area contributed by atoms with Crippen LogP contribution in [0.5, 0.6) is 0 Å². The second kappa shape index (κ2) is 9.42. The summed E-state index contributed by atoms with van der Waals surface area (Å²) >= 11 is 0. The molecule has 4 heteroatoms. The van der Waals surface area contributed by atoms with E-state index in [1.54, 1.807) is 0 Å². The Labute approximate surface area is 71.5 Å². The summed E-state index contributed by atoms with van der Waals surface area (Å²) in [5, 5.41) is 0. The molecule has 0 unspecified atom stereocenters. The lowest BCUT2D eigenvalue weighted by atomic mass is 10.7. The highest BCUT2D eigenvalue weighted by molar-refractivity contribution is 5.75. The van der Waals surface area contributed by atoms with Gasteiger partial charge in [0.2, 0.25) is 0 Å². The highest BCUT2D eigenvalue weighted by atomic mass is 16.6. The number of hydrogen-bond acceptors (Lipinski definition) is 4. The molecule has 0 aromatic rings. The van der Waals surface area contributed by atoms with E-state index in [2.05, 4.69) is 29.2 Å². The fraction of sp³-hybridized carbons (Fsp3) is 0.250. The van der Waals surface area contributed by atoms with Crippen molar-refractivity contribution in [3.63, 3.8) is 0 Å². The van der Waals surface area contributed by atoms with Gasteiger partial charge in [-0.25, -0.2) is 4.79 Å². The Kier molecular flexibility index (Phi) is 10.2. The molecule has 4 nitrogen and oxygen atoms in total. The zero-order valence-electron chi connectivity index (χ0n) is 7.04. The van der Waals surface area contributed by atoms with Gasteiger partial charge in [-0.05, 0) is 0 Å². The fourth-order valence-corrected chi connectivity index (χ4v) is 0.288. The third-order valence-corrected chi connectivity index (χ3v) is 0.608. The third kappa shape index (κ3) is 11.2. The van der Waals surface area contributed by atoms with E-state index in [1.165, 1.54) is 6.92 Å². The van der Waals surface area contributed by atoms with Crippen LogP contribution in [0.25, 0.3) is 0 Å². The highest BCUT2D eigenvalue weighted by Gasteiger charge is 2.01. The molecule has 0 saturated carbocycles. The predicted molar refractivity (Wildman–Crippen MR) is 44.2 cm³/mol. The topological polar surface area (TPSA) is 52.6 Å². The van der Waals surface area contributed by atoms with E-state index in [9.17, 15) is 9.59 Å². The largest absolute Gasteiger partial charge is 0.454 e. The summed E-state index contributed by atoms with van der Waals surface area (Å²) in [5.74, 6) is -1.15. The van der Waals surface area contributed by atoms with E-state index in [0.29, 0.717) is 0 Å². The molecule has 0 heterocycles. The number of carbonyl (C=O) groups is 2. The van der Waals surface area contributed by atoms with E-state index in [0.717, 1.165) is 6.26 Å². The standard InChI is InChI=1S/C6H8O4.C2H4/c1-3-9-6(8)4-10-5(2)7;1-2/h3H,1,4H2,2H3;1-2H2. The Balaban J connectivity index is 0. The number of hydrogen-bond donors (Lipinski definition) is 0. The van der Waals surface area contributed by atoms with E-state index in [-0.39, 0.29) is 6.61 Å². The summed E-state index contributed by atoms with van der Waals surface area (Å²) in [5.41, 5.74) is 0. The van der Waals surface area contributed by atoms with Crippen LogP contribution in [-0.4, -0.2) is 18.5 Å². The minimum absolute atomic E-state index is 0.360. The van der Waals surface area contributed by atoms with E-state index >= 15 is 0 Å². The summed E-state index contributed by atoms with van der Waals surface area (Å²) in [6, 6.07) is 0. The van der Waals surface area contributed by atoms with E-state index in [4.69, 9.17) is 0 Å². The lowest BCUT2D eigenvalue weighted by Crippen LogP contribution is -2.12. The molecule has 0 atom stereocenters. The Morgan fingerprint density at radius 2 is 1.92 bits per heavy atom. The molecule has 0 aromatic carbocycles. The fourth-order valence-electron chi connectivity index (χ4n) is 0.288. The van der Waals surface area contributed by atoms with Crippen molar-refractivity contribution in [1.29, 1.82) is 0 Å². The van der Waals surface area contributed by atoms with Crippen LogP contribution in [0, 0.1) is 0 Å². The first-order valence-corrected chi connectivity index (χ1v) is 3.10. The first kappa shape index (κ1) is 13.0. The van der Waals surface area contributed by atoms with Gasteiger partial charge in [0.1, 0.15) is 0 Å². The van der Waals surface area contributed by atoms with Gasteiger partial charge >= 0.3 is 11.9 Å². The Bertz CT molecular complexity index is 162. The van der Waals surface area contributed by atoms with Crippen LogP contribution in [0.15, 0.2) is 26.0 Å². The summed E-state index contributed by atoms with van der Waals surface area (Å²) in [4.78, 5) is 20.5. The number of rotatable bonds is 3. The normalized spacial score (nSPS) is 7.08. The van der Waals surface area contributed by atoms with Gasteiger partial charge in [-0.3, -0.25) is 4.79 Å². The maximum Gasteiger partial charge on any atom is 0.349 e. The monoisotopic (exact) mass is 172 g/mol. The van der Waals surface area contributed by atoms with Crippen molar-refractivity contribution >= 4 is 11.9 Å². The SMILES string of the molecule is C=C.C=COC(=O)COC(C)=O. The van der Waals surface area contributed by atoms with Crippen LogP contribution in [0.1, 0.15) is 6.92 Å². The first-order valence-electron chi connectivity index (χ1n) is 3.10. The van der Waals surface area contributed by atoms with Crippen LogP contribution >= 0.6 is 0 Å². The van der Waals surface area contributed by atoms with Gasteiger partial charge < -0.3 is 9.47 Å². The molecule has 0 aromatic heterocycles. The Morgan fingerprint density at radius 1 is 1.42 bits per heavy atom. The molecule has 0 fully saturated rings. The molecule has 12 heavy (non-hydrogen) atoms. The number of ether oxygens (including phenoxy) is 2. The molecule has 68 valence electrons.